The molecule has 0 spiro atoms. The predicted octanol–water partition coefficient (Wildman–Crippen LogP) is 4.68. The van der Waals surface area contributed by atoms with Gasteiger partial charge in [0.15, 0.2) is 0 Å². The summed E-state index contributed by atoms with van der Waals surface area (Å²) in [6, 6.07) is 2.27. The van der Waals surface area contributed by atoms with Crippen LogP contribution in [-0.2, 0) is 17.7 Å². The number of hydrogen-bond acceptors (Lipinski definition) is 2. The van der Waals surface area contributed by atoms with Crippen molar-refractivity contribution in [3.63, 3.8) is 0 Å². The smallest absolute Gasteiger partial charge is 0.140 e. The highest BCUT2D eigenvalue weighted by Crippen LogP contribution is 2.37. The minimum Gasteiger partial charge on any atom is -0.385 e. The van der Waals surface area contributed by atoms with Crippen molar-refractivity contribution in [1.29, 1.82) is 0 Å². The van der Waals surface area contributed by atoms with Crippen LogP contribution in [0.2, 0.25) is 0 Å². The monoisotopic (exact) mass is 300 g/mol. The first-order chi connectivity index (χ1) is 10.8. The highest BCUT2D eigenvalue weighted by atomic mass is 16.5. The zero-order valence-corrected chi connectivity index (χ0v) is 14.0. The number of ether oxygens (including phenoxy) is 1. The van der Waals surface area contributed by atoms with E-state index in [1.165, 1.54) is 48.7 Å². The lowest BCUT2D eigenvalue weighted by molar-refractivity contribution is 0.190. The summed E-state index contributed by atoms with van der Waals surface area (Å²) in [6.07, 6.45) is 13.3. The van der Waals surface area contributed by atoms with Gasteiger partial charge in [0.25, 0.3) is 0 Å². The molecule has 22 heavy (non-hydrogen) atoms. The van der Waals surface area contributed by atoms with Crippen molar-refractivity contribution in [3.05, 3.63) is 29.6 Å². The van der Waals surface area contributed by atoms with Gasteiger partial charge in [-0.1, -0.05) is 26.2 Å². The Balaban J connectivity index is 1.98. The van der Waals surface area contributed by atoms with Crippen LogP contribution in [-0.4, -0.2) is 23.3 Å². The molecular weight excluding hydrogens is 272 g/mol. The summed E-state index contributed by atoms with van der Waals surface area (Å²) in [7, 11) is 1.77. The molecule has 1 aliphatic carbocycles. The highest BCUT2D eigenvalue weighted by Gasteiger charge is 2.21. The largest absolute Gasteiger partial charge is 0.385 e. The van der Waals surface area contributed by atoms with Gasteiger partial charge >= 0.3 is 0 Å². The summed E-state index contributed by atoms with van der Waals surface area (Å²) in [5.41, 5.74) is 4.18. The maximum absolute atomic E-state index is 5.19. The third-order valence-corrected chi connectivity index (χ3v) is 5.04. The minimum atomic E-state index is 0.736. The molecule has 0 amide bonds. The zero-order valence-electron chi connectivity index (χ0n) is 14.0. The summed E-state index contributed by atoms with van der Waals surface area (Å²) in [5, 5.41) is 1.44. The summed E-state index contributed by atoms with van der Waals surface area (Å²) in [4.78, 5) is 4.71. The van der Waals surface area contributed by atoms with E-state index in [2.05, 4.69) is 23.8 Å². The molecule has 0 aliphatic heterocycles. The minimum absolute atomic E-state index is 0.736. The highest BCUT2D eigenvalue weighted by molar-refractivity contribution is 5.84. The molecule has 120 valence electrons. The first-order valence-corrected chi connectivity index (χ1v) is 8.80. The van der Waals surface area contributed by atoms with Crippen molar-refractivity contribution in [2.24, 2.45) is 0 Å². The first kappa shape index (κ1) is 15.5. The Bertz CT molecular complexity index is 611. The molecule has 2 aromatic heterocycles. The Labute approximate surface area is 133 Å². The molecular formula is C19H28N2O. The van der Waals surface area contributed by atoms with Crippen LogP contribution in [0.3, 0.4) is 0 Å². The molecule has 0 atom stereocenters. The lowest BCUT2D eigenvalue weighted by Crippen LogP contribution is -2.06. The van der Waals surface area contributed by atoms with Crippen LogP contribution in [0.15, 0.2) is 18.5 Å². The average Bonchev–Trinajstić information content (AvgIpc) is 2.94. The van der Waals surface area contributed by atoms with Crippen molar-refractivity contribution < 1.29 is 4.74 Å². The van der Waals surface area contributed by atoms with E-state index in [1.54, 1.807) is 12.7 Å². The van der Waals surface area contributed by atoms with Gasteiger partial charge in [0.2, 0.25) is 0 Å². The third kappa shape index (κ3) is 3.05. The standard InChI is InChI=1S/C19H28N2O/c1-3-15-14-21(12-7-13-22-2)19-18(15)17(10-11-20-19)16-8-5-4-6-9-16/h10-11,14,16H,3-9,12-13H2,1-2H3. The van der Waals surface area contributed by atoms with Gasteiger partial charge in [0.1, 0.15) is 5.65 Å². The van der Waals surface area contributed by atoms with Gasteiger partial charge in [-0.05, 0) is 48.8 Å². The van der Waals surface area contributed by atoms with E-state index in [0.29, 0.717) is 0 Å². The Kier molecular flexibility index (Phi) is 5.14. The van der Waals surface area contributed by atoms with Gasteiger partial charge in [0, 0.05) is 38.0 Å². The number of hydrogen-bond donors (Lipinski definition) is 0. The van der Waals surface area contributed by atoms with Crippen molar-refractivity contribution in [2.45, 2.75) is 64.3 Å². The molecule has 3 rings (SSSR count). The molecule has 0 radical (unpaired) electrons. The zero-order chi connectivity index (χ0) is 15.4. The molecule has 0 N–H and O–H groups in total. The van der Waals surface area contributed by atoms with Gasteiger partial charge in [0.05, 0.1) is 0 Å². The van der Waals surface area contributed by atoms with Gasteiger partial charge in [-0.25, -0.2) is 4.98 Å². The Morgan fingerprint density at radius 2 is 2.09 bits per heavy atom. The lowest BCUT2D eigenvalue weighted by atomic mass is 9.83. The molecule has 0 unspecified atom stereocenters. The quantitative estimate of drug-likeness (QED) is 0.724. The van der Waals surface area contributed by atoms with Crippen LogP contribution >= 0.6 is 0 Å². The number of methoxy groups -OCH3 is 1. The fourth-order valence-corrected chi connectivity index (χ4v) is 3.90. The van der Waals surface area contributed by atoms with E-state index in [1.807, 2.05) is 6.20 Å². The van der Waals surface area contributed by atoms with Crippen LogP contribution in [0.1, 0.15) is 62.5 Å². The lowest BCUT2D eigenvalue weighted by Gasteiger charge is -2.23. The van der Waals surface area contributed by atoms with Gasteiger partial charge < -0.3 is 9.30 Å². The van der Waals surface area contributed by atoms with Crippen molar-refractivity contribution >= 4 is 11.0 Å². The number of fused-ring (bicyclic) bond motifs is 1. The van der Waals surface area contributed by atoms with Gasteiger partial charge in [-0.3, -0.25) is 0 Å². The summed E-state index contributed by atoms with van der Waals surface area (Å²) in [6.45, 7) is 4.06. The molecule has 0 bridgehead atoms. The molecule has 3 heteroatoms. The van der Waals surface area contributed by atoms with Crippen molar-refractivity contribution in [2.75, 3.05) is 13.7 Å². The predicted molar refractivity (Wildman–Crippen MR) is 91.4 cm³/mol. The van der Waals surface area contributed by atoms with Crippen LogP contribution < -0.4 is 0 Å². The summed E-state index contributed by atoms with van der Waals surface area (Å²) < 4.78 is 7.53. The van der Waals surface area contributed by atoms with E-state index in [9.17, 15) is 0 Å². The van der Waals surface area contributed by atoms with Gasteiger partial charge in [-0.15, -0.1) is 0 Å². The number of nitrogens with zero attached hydrogens (tertiary/aromatic N) is 2. The van der Waals surface area contributed by atoms with E-state index in [0.717, 1.165) is 31.9 Å². The second kappa shape index (κ2) is 7.28. The molecule has 3 nitrogen and oxygen atoms in total. The maximum Gasteiger partial charge on any atom is 0.140 e. The second-order valence-electron chi connectivity index (χ2n) is 6.48. The van der Waals surface area contributed by atoms with E-state index in [4.69, 9.17) is 9.72 Å². The molecule has 2 heterocycles. The fourth-order valence-electron chi connectivity index (χ4n) is 3.90. The van der Waals surface area contributed by atoms with Crippen LogP contribution in [0.25, 0.3) is 11.0 Å². The Morgan fingerprint density at radius 3 is 2.82 bits per heavy atom. The SMILES string of the molecule is CCc1cn(CCCOC)c2nccc(C3CCCCC3)c12. The summed E-state index contributed by atoms with van der Waals surface area (Å²) in [5.74, 6) is 0.736. The molecule has 0 aromatic carbocycles. The van der Waals surface area contributed by atoms with E-state index >= 15 is 0 Å². The first-order valence-electron chi connectivity index (χ1n) is 8.80. The van der Waals surface area contributed by atoms with Crippen molar-refractivity contribution in [1.82, 2.24) is 9.55 Å². The van der Waals surface area contributed by atoms with Crippen LogP contribution in [0.5, 0.6) is 0 Å². The van der Waals surface area contributed by atoms with E-state index in [-0.39, 0.29) is 0 Å². The van der Waals surface area contributed by atoms with Gasteiger partial charge in [-0.2, -0.15) is 0 Å². The second-order valence-corrected chi connectivity index (χ2v) is 6.48. The number of rotatable bonds is 6. The maximum atomic E-state index is 5.19. The number of aromatic nitrogens is 2. The topological polar surface area (TPSA) is 27.1 Å². The summed E-state index contributed by atoms with van der Waals surface area (Å²) >= 11 is 0. The fraction of sp³-hybridized carbons (Fsp3) is 0.632. The Hall–Kier alpha value is -1.35. The average molecular weight is 300 g/mol. The third-order valence-electron chi connectivity index (χ3n) is 5.04. The molecule has 1 fully saturated rings. The molecule has 0 saturated heterocycles. The molecule has 1 saturated carbocycles. The van der Waals surface area contributed by atoms with Crippen molar-refractivity contribution in [3.8, 4) is 0 Å². The molecule has 1 aliphatic rings. The number of aryl methyl sites for hydroxylation is 2. The van der Waals surface area contributed by atoms with Crippen LogP contribution in [0.4, 0.5) is 0 Å². The van der Waals surface area contributed by atoms with E-state index < -0.39 is 0 Å². The number of pyridine rings is 1. The Morgan fingerprint density at radius 1 is 1.27 bits per heavy atom. The molecule has 2 aromatic rings. The van der Waals surface area contributed by atoms with Crippen LogP contribution in [0, 0.1) is 0 Å². The normalized spacial score (nSPS) is 16.5.